The Morgan fingerprint density at radius 1 is 0.618 bits per heavy atom. The molecule has 0 aromatic heterocycles. The molecule has 2 rings (SSSR count). The molecule has 0 aliphatic heterocycles. The van der Waals surface area contributed by atoms with Gasteiger partial charge in [-0.05, 0) is 76.5 Å². The minimum atomic E-state index is -3.34. The number of hydrogen-bond acceptors (Lipinski definition) is 13. The van der Waals surface area contributed by atoms with Crippen LogP contribution in [0.25, 0.3) is 0 Å². The molecule has 0 saturated heterocycles. The van der Waals surface area contributed by atoms with Crippen LogP contribution in [0.5, 0.6) is 0 Å². The Balaban J connectivity index is 2.87. The largest absolute Gasteiger partial charge is 0.479 e. The molecule has 0 spiro atoms. The number of hydrogen-bond donors (Lipinski definition) is 3. The number of aliphatic hydroxyl groups excluding tert-OH is 2. The van der Waals surface area contributed by atoms with E-state index >= 15 is 0 Å². The van der Waals surface area contributed by atoms with Crippen LogP contribution in [0, 0.1) is 11.3 Å². The Labute approximate surface area is 463 Å². The molecule has 10 atom stereocenters. The number of methoxy groups -OCH3 is 5. The molecule has 0 aliphatic carbocycles. The molecule has 17 heteroatoms. The van der Waals surface area contributed by atoms with E-state index in [1.165, 1.54) is 14.2 Å². The summed E-state index contributed by atoms with van der Waals surface area (Å²) in [4.78, 5) is 13.0. The molecule has 0 radical (unpaired) electrons. The van der Waals surface area contributed by atoms with Crippen molar-refractivity contribution < 1.29 is 66.6 Å². The fourth-order valence-electron chi connectivity index (χ4n) is 9.31. The minimum absolute atomic E-state index is 0.0602. The second-order valence-electron chi connectivity index (χ2n) is 25.4. The molecule has 0 saturated carbocycles. The van der Waals surface area contributed by atoms with Crippen molar-refractivity contribution >= 4 is 41.3 Å². The fraction of sp³-hybridized carbons (Fsp3) is 0.746. The third-order valence-electron chi connectivity index (χ3n) is 16.5. The van der Waals surface area contributed by atoms with Gasteiger partial charge < -0.3 is 61.8 Å². The summed E-state index contributed by atoms with van der Waals surface area (Å²) >= 11 is 0. The fourth-order valence-corrected chi connectivity index (χ4v) is 16.4. The van der Waals surface area contributed by atoms with E-state index in [4.69, 9.17) is 46.4 Å². The van der Waals surface area contributed by atoms with Gasteiger partial charge in [0.1, 0.15) is 13.6 Å². The summed E-state index contributed by atoms with van der Waals surface area (Å²) < 4.78 is 63.7. The third-order valence-corrected chi connectivity index (χ3v) is 30.6. The van der Waals surface area contributed by atoms with Crippen molar-refractivity contribution in [1.29, 1.82) is 0 Å². The lowest BCUT2D eigenvalue weighted by molar-refractivity contribution is -0.184. The van der Waals surface area contributed by atoms with Crippen molar-refractivity contribution in [3.63, 3.8) is 0 Å². The third kappa shape index (κ3) is 19.2. The maximum absolute atomic E-state index is 13.3. The van der Waals surface area contributed by atoms with Crippen LogP contribution in [-0.4, -0.2) is 157 Å². The molecule has 0 fully saturated rings. The Kier molecular flexibility index (Phi) is 28.1. The van der Waals surface area contributed by atoms with Gasteiger partial charge in [-0.1, -0.05) is 150 Å². The lowest BCUT2D eigenvalue weighted by Gasteiger charge is -2.49. The van der Waals surface area contributed by atoms with Gasteiger partial charge in [0.15, 0.2) is 22.7 Å². The molecule has 0 heterocycles. The van der Waals surface area contributed by atoms with Crippen molar-refractivity contribution in [2.24, 2.45) is 11.3 Å². The highest BCUT2D eigenvalue weighted by atomic mass is 28.4. The van der Waals surface area contributed by atoms with Crippen LogP contribution < -0.4 is 10.4 Å². The van der Waals surface area contributed by atoms with Gasteiger partial charge in [-0.2, -0.15) is 0 Å². The number of benzene rings is 2. The molecule has 438 valence electrons. The Morgan fingerprint density at radius 3 is 1.53 bits per heavy atom. The van der Waals surface area contributed by atoms with Gasteiger partial charge in [-0.25, -0.2) is 4.79 Å². The van der Waals surface area contributed by atoms with Crippen molar-refractivity contribution in [3.05, 3.63) is 72.3 Å². The highest BCUT2D eigenvalue weighted by Gasteiger charge is 2.54. The van der Waals surface area contributed by atoms with Crippen LogP contribution in [0.3, 0.4) is 0 Å². The van der Waals surface area contributed by atoms with E-state index in [0.29, 0.717) is 13.0 Å². The summed E-state index contributed by atoms with van der Waals surface area (Å²) in [6, 6.07) is 20.5. The molecule has 2 aromatic carbocycles. The van der Waals surface area contributed by atoms with E-state index in [-0.39, 0.29) is 48.8 Å². The van der Waals surface area contributed by atoms with Gasteiger partial charge in [-0.15, -0.1) is 0 Å². The first-order valence-electron chi connectivity index (χ1n) is 27.3. The van der Waals surface area contributed by atoms with Crippen LogP contribution in [0.1, 0.15) is 122 Å². The first-order chi connectivity index (χ1) is 35.2. The maximum Gasteiger partial charge on any atom is 0.335 e. The molecule has 3 N–H and O–H groups in total. The molecule has 0 amide bonds. The lowest BCUT2D eigenvalue weighted by atomic mass is 9.74. The van der Waals surface area contributed by atoms with Crippen LogP contribution in [0.4, 0.5) is 0 Å². The van der Waals surface area contributed by atoms with Crippen LogP contribution in [0.2, 0.25) is 41.3 Å². The first-order valence-corrected chi connectivity index (χ1v) is 35.1. The van der Waals surface area contributed by atoms with Crippen molar-refractivity contribution in [1.82, 2.24) is 0 Å². The zero-order chi connectivity index (χ0) is 58.1. The van der Waals surface area contributed by atoms with E-state index in [1.807, 2.05) is 57.2 Å². The standard InChI is InChI=1S/C59H106O14Si3/c1-23-43(39-71-74(19,20)56(3,4)5)34-42(2)48(60)35-44(66-16)38-51(69-40-64-14)59(12,13)54(61)52(73-75(21,22)57(6,7)8)49(67-17)36-45(37-50(68-18)53(55(62)63)70-41-65-15)72-76(58(9,10)11,46-30-26-24-27-31-46)47-32-28-25-29-33-47/h24-34,43-45,48-54,60-61H,23,35-41H2,1-22H3,(H,62,63)/b42-34-/t43-,44-,45-,48+,49-,50-,51+,52-,53+,54-/m1/s1. The van der Waals surface area contributed by atoms with Gasteiger partial charge in [-0.3, -0.25) is 0 Å². The van der Waals surface area contributed by atoms with Crippen molar-refractivity contribution in [3.8, 4) is 0 Å². The van der Waals surface area contributed by atoms with E-state index in [2.05, 4.69) is 126 Å². The maximum atomic E-state index is 13.3. The molecular weight excluding hydrogens is 1020 g/mol. The van der Waals surface area contributed by atoms with Crippen molar-refractivity contribution in [2.75, 3.05) is 55.7 Å². The Morgan fingerprint density at radius 2 is 1.11 bits per heavy atom. The number of carboxylic acid groups (broad SMARTS) is 1. The number of carboxylic acids is 1. The molecule has 0 unspecified atom stereocenters. The number of rotatable bonds is 35. The van der Waals surface area contributed by atoms with Gasteiger partial charge in [0.05, 0.1) is 48.8 Å². The van der Waals surface area contributed by atoms with Crippen LogP contribution in [0.15, 0.2) is 72.3 Å². The lowest BCUT2D eigenvalue weighted by Crippen LogP contribution is -2.68. The first kappa shape index (κ1) is 69.9. The smallest absolute Gasteiger partial charge is 0.335 e. The van der Waals surface area contributed by atoms with Gasteiger partial charge in [0, 0.05) is 73.3 Å². The normalized spacial score (nSPS) is 17.8. The highest BCUT2D eigenvalue weighted by molar-refractivity contribution is 6.99. The molecular formula is C59H106O14Si3. The summed E-state index contributed by atoms with van der Waals surface area (Å²) in [7, 11) is -0.327. The summed E-state index contributed by atoms with van der Waals surface area (Å²) in [6.45, 7) is 36.8. The van der Waals surface area contributed by atoms with E-state index in [1.54, 1.807) is 21.3 Å². The minimum Gasteiger partial charge on any atom is -0.479 e. The monoisotopic (exact) mass is 1120 g/mol. The number of aliphatic carboxylic acids is 1. The zero-order valence-electron chi connectivity index (χ0n) is 51.1. The van der Waals surface area contributed by atoms with Crippen LogP contribution in [-0.2, 0) is 51.2 Å². The summed E-state index contributed by atoms with van der Waals surface area (Å²) in [5, 5.41) is 37.1. The van der Waals surface area contributed by atoms with Gasteiger partial charge in [0.2, 0.25) is 0 Å². The van der Waals surface area contributed by atoms with Gasteiger partial charge in [0.25, 0.3) is 8.32 Å². The number of carbonyl (C=O) groups is 1. The van der Waals surface area contributed by atoms with E-state index in [0.717, 1.165) is 22.4 Å². The zero-order valence-corrected chi connectivity index (χ0v) is 54.1. The Hall–Kier alpha value is -2.18. The molecule has 14 nitrogen and oxygen atoms in total. The topological polar surface area (TPSA) is 170 Å². The molecule has 0 bridgehead atoms. The van der Waals surface area contributed by atoms with E-state index < -0.39 is 96.3 Å². The van der Waals surface area contributed by atoms with Crippen LogP contribution >= 0.6 is 0 Å². The molecule has 0 aliphatic rings. The average molecular weight is 1120 g/mol. The summed E-state index contributed by atoms with van der Waals surface area (Å²) in [5.41, 5.74) is -0.215. The van der Waals surface area contributed by atoms with Gasteiger partial charge >= 0.3 is 5.97 Å². The van der Waals surface area contributed by atoms with Crippen molar-refractivity contribution in [2.45, 2.75) is 218 Å². The predicted octanol–water partition coefficient (Wildman–Crippen LogP) is 10.7. The number of aliphatic hydroxyl groups is 2. The summed E-state index contributed by atoms with van der Waals surface area (Å²) in [6.07, 6.45) is -4.30. The molecule has 76 heavy (non-hydrogen) atoms. The Bertz CT molecular complexity index is 1940. The highest BCUT2D eigenvalue weighted by Crippen LogP contribution is 2.44. The number of ether oxygens (including phenoxy) is 7. The quantitative estimate of drug-likeness (QED) is 0.0338. The SMILES string of the molecule is CC[C@H](/C=C(/C)[C@@H](O)C[C@H](C[C@H](OCOC)C(C)(C)[C@H](O)[C@H](O[Si](C)(C)C(C)(C)C)[C@@H](C[C@H](C[C@@H](OC)[C@H](OCOC)C(=O)O)O[Si](c1ccccc1)(c1ccccc1)C(C)(C)C)OC)OC)CO[Si](C)(C)C(C)(C)C. The second kappa shape index (κ2) is 30.6. The molecule has 2 aromatic rings. The summed E-state index contributed by atoms with van der Waals surface area (Å²) in [5.74, 6) is -1.07. The van der Waals surface area contributed by atoms with E-state index in [9.17, 15) is 20.1 Å². The predicted molar refractivity (Wildman–Crippen MR) is 313 cm³/mol. The second-order valence-corrected chi connectivity index (χ2v) is 39.2. The average Bonchev–Trinajstić information content (AvgIpc) is 3.34.